The number of carbonyl (C=O) groups is 1. The molecule has 30 heavy (non-hydrogen) atoms. The van der Waals surface area contributed by atoms with Gasteiger partial charge < -0.3 is 20.6 Å². The highest BCUT2D eigenvalue weighted by molar-refractivity contribution is 7.09. The molecule has 1 aliphatic heterocycles. The van der Waals surface area contributed by atoms with Gasteiger partial charge in [0.15, 0.2) is 0 Å². The first-order valence-corrected chi connectivity index (χ1v) is 10.6. The van der Waals surface area contributed by atoms with Crippen molar-refractivity contribution in [1.82, 2.24) is 14.8 Å². The van der Waals surface area contributed by atoms with Crippen LogP contribution in [0.5, 0.6) is 0 Å². The van der Waals surface area contributed by atoms with E-state index in [1.165, 1.54) is 11.3 Å². The summed E-state index contributed by atoms with van der Waals surface area (Å²) in [6, 6.07) is 9.87. The monoisotopic (exact) mass is 474 g/mol. The molecule has 0 saturated carbocycles. The minimum Gasteiger partial charge on any atom is -0.396 e. The molecule has 1 amide bonds. The highest BCUT2D eigenvalue weighted by atomic mass is 35.5. The van der Waals surface area contributed by atoms with Crippen LogP contribution in [0.1, 0.15) is 39.9 Å². The quantitative estimate of drug-likeness (QED) is 0.644. The largest absolute Gasteiger partial charge is 0.396 e. The van der Waals surface area contributed by atoms with Crippen LogP contribution in [0.2, 0.25) is 0 Å². The Morgan fingerprint density at radius 3 is 2.47 bits per heavy atom. The van der Waals surface area contributed by atoms with Crippen LogP contribution >= 0.6 is 36.2 Å². The lowest BCUT2D eigenvalue weighted by Crippen LogP contribution is -2.48. The Bertz CT molecular complexity index is 780. The van der Waals surface area contributed by atoms with Crippen LogP contribution in [-0.4, -0.2) is 66.1 Å². The summed E-state index contributed by atoms with van der Waals surface area (Å²) in [5.41, 5.74) is 7.83. The van der Waals surface area contributed by atoms with E-state index >= 15 is 0 Å². The lowest BCUT2D eigenvalue weighted by atomic mass is 9.78. The number of hydrogen-bond acceptors (Lipinski definition) is 6. The molecule has 0 unspecified atom stereocenters. The topological polar surface area (TPSA) is 82.7 Å². The average molecular weight is 475 g/mol. The number of aliphatic hydroxyl groups is 1. The lowest BCUT2D eigenvalue weighted by molar-refractivity contribution is 0.0220. The van der Waals surface area contributed by atoms with Crippen molar-refractivity contribution in [1.29, 1.82) is 0 Å². The second-order valence-corrected chi connectivity index (χ2v) is 8.94. The minimum atomic E-state index is -0.211. The van der Waals surface area contributed by atoms with Crippen molar-refractivity contribution in [2.24, 2.45) is 11.1 Å². The third-order valence-corrected chi connectivity index (χ3v) is 6.43. The predicted octanol–water partition coefficient (Wildman–Crippen LogP) is 3.01. The number of nitrogens with zero attached hydrogens (tertiary/aromatic N) is 3. The summed E-state index contributed by atoms with van der Waals surface area (Å²) in [4.78, 5) is 21.4. The standard InChI is InChI=1S/C21H30N4O2S.2ClH/c1-24(2)14-21(15-26)8-10-25(11-9-21)20(27)18-13-28-19(23-18)17(22)12-16-6-4-3-5-7-16;;/h3-7,13,17,26H,8-12,14-15,22H2,1-2H3;2*1H/t17-;;/m0../s1. The molecule has 1 fully saturated rings. The fraction of sp³-hybridized carbons (Fsp3) is 0.524. The Morgan fingerprint density at radius 2 is 1.90 bits per heavy atom. The van der Waals surface area contributed by atoms with Crippen molar-refractivity contribution in [3.8, 4) is 0 Å². The van der Waals surface area contributed by atoms with Crippen LogP contribution in [0.4, 0.5) is 0 Å². The molecule has 1 aromatic heterocycles. The van der Waals surface area contributed by atoms with Crippen molar-refractivity contribution >= 4 is 42.1 Å². The van der Waals surface area contributed by atoms with Crippen LogP contribution in [0.15, 0.2) is 35.7 Å². The number of amides is 1. The minimum absolute atomic E-state index is 0. The predicted molar refractivity (Wildman–Crippen MR) is 127 cm³/mol. The SMILES string of the molecule is CN(C)CC1(CO)CCN(C(=O)c2csc([C@@H](N)Cc3ccccc3)n2)CC1.Cl.Cl. The maximum Gasteiger partial charge on any atom is 0.273 e. The van der Waals surface area contributed by atoms with Crippen molar-refractivity contribution in [2.45, 2.75) is 25.3 Å². The number of rotatable bonds is 7. The van der Waals surface area contributed by atoms with Crippen LogP contribution in [-0.2, 0) is 6.42 Å². The number of aliphatic hydroxyl groups excluding tert-OH is 1. The number of thiazole rings is 1. The van der Waals surface area contributed by atoms with Gasteiger partial charge in [-0.1, -0.05) is 30.3 Å². The molecule has 1 atom stereocenters. The van der Waals surface area contributed by atoms with Gasteiger partial charge >= 0.3 is 0 Å². The van der Waals surface area contributed by atoms with E-state index in [0.29, 0.717) is 25.2 Å². The highest BCUT2D eigenvalue weighted by Crippen LogP contribution is 2.32. The Balaban J connectivity index is 0.00000225. The van der Waals surface area contributed by atoms with E-state index in [0.717, 1.165) is 30.0 Å². The molecule has 6 nitrogen and oxygen atoms in total. The number of aromatic nitrogens is 1. The summed E-state index contributed by atoms with van der Waals surface area (Å²) in [6.45, 7) is 2.29. The second-order valence-electron chi connectivity index (χ2n) is 8.06. The van der Waals surface area contributed by atoms with Crippen LogP contribution in [0, 0.1) is 5.41 Å². The summed E-state index contributed by atoms with van der Waals surface area (Å²) in [7, 11) is 4.04. The van der Waals surface area contributed by atoms with Crippen molar-refractivity contribution in [3.05, 3.63) is 52.0 Å². The number of halogens is 2. The molecule has 0 aliphatic carbocycles. The van der Waals surface area contributed by atoms with Gasteiger partial charge in [0, 0.05) is 30.4 Å². The molecule has 1 saturated heterocycles. The van der Waals surface area contributed by atoms with Gasteiger partial charge in [-0.2, -0.15) is 0 Å². The van der Waals surface area contributed by atoms with Gasteiger partial charge in [-0.3, -0.25) is 4.79 Å². The van der Waals surface area contributed by atoms with Crippen LogP contribution < -0.4 is 5.73 Å². The third-order valence-electron chi connectivity index (χ3n) is 5.46. The number of hydrogen-bond donors (Lipinski definition) is 2. The number of carbonyl (C=O) groups excluding carboxylic acids is 1. The second kappa shape index (κ2) is 12.0. The molecule has 168 valence electrons. The van der Waals surface area contributed by atoms with Gasteiger partial charge in [-0.25, -0.2) is 4.98 Å². The maximum atomic E-state index is 12.9. The third kappa shape index (κ3) is 6.64. The highest BCUT2D eigenvalue weighted by Gasteiger charge is 2.36. The zero-order valence-corrected chi connectivity index (χ0v) is 19.9. The Labute approximate surface area is 195 Å². The Kier molecular flexibility index (Phi) is 10.7. The molecule has 9 heteroatoms. The summed E-state index contributed by atoms with van der Waals surface area (Å²) >= 11 is 1.45. The van der Waals surface area contributed by atoms with Gasteiger partial charge in [-0.05, 0) is 38.9 Å². The molecule has 0 radical (unpaired) electrons. The molecule has 1 aromatic carbocycles. The Hall–Kier alpha value is -1.22. The van der Waals surface area contributed by atoms with E-state index in [4.69, 9.17) is 5.73 Å². The number of likely N-dealkylation sites (tertiary alicyclic amines) is 1. The van der Waals surface area contributed by atoms with E-state index in [2.05, 4.69) is 22.0 Å². The fourth-order valence-electron chi connectivity index (χ4n) is 3.89. The smallest absolute Gasteiger partial charge is 0.273 e. The van der Waals surface area contributed by atoms with E-state index in [1.807, 2.05) is 42.6 Å². The Morgan fingerprint density at radius 1 is 1.27 bits per heavy atom. The van der Waals surface area contributed by atoms with Crippen molar-refractivity contribution < 1.29 is 9.90 Å². The van der Waals surface area contributed by atoms with E-state index < -0.39 is 0 Å². The van der Waals surface area contributed by atoms with Crippen LogP contribution in [0.3, 0.4) is 0 Å². The molecule has 0 bridgehead atoms. The van der Waals surface area contributed by atoms with E-state index in [1.54, 1.807) is 0 Å². The zero-order valence-electron chi connectivity index (χ0n) is 17.5. The average Bonchev–Trinajstić information content (AvgIpc) is 3.19. The molecule has 0 spiro atoms. The van der Waals surface area contributed by atoms with Gasteiger partial charge in [0.05, 0.1) is 12.6 Å². The number of piperidine rings is 1. The number of benzene rings is 1. The van der Waals surface area contributed by atoms with Gasteiger partial charge in [0.1, 0.15) is 10.7 Å². The first kappa shape index (κ1) is 26.8. The summed E-state index contributed by atoms with van der Waals surface area (Å²) in [5, 5.41) is 12.5. The fourth-order valence-corrected chi connectivity index (χ4v) is 4.69. The molecular weight excluding hydrogens is 443 g/mol. The van der Waals surface area contributed by atoms with Crippen LogP contribution in [0.25, 0.3) is 0 Å². The van der Waals surface area contributed by atoms with Gasteiger partial charge in [-0.15, -0.1) is 36.2 Å². The summed E-state index contributed by atoms with van der Waals surface area (Å²) < 4.78 is 0. The molecule has 3 N–H and O–H groups in total. The number of nitrogens with two attached hydrogens (primary N) is 1. The molecular formula is C21H32Cl2N4O2S. The zero-order chi connectivity index (χ0) is 20.1. The summed E-state index contributed by atoms with van der Waals surface area (Å²) in [6.07, 6.45) is 2.31. The van der Waals surface area contributed by atoms with E-state index in [-0.39, 0.29) is 48.8 Å². The molecule has 3 rings (SSSR count). The lowest BCUT2D eigenvalue weighted by Gasteiger charge is -2.42. The first-order chi connectivity index (χ1) is 13.4. The van der Waals surface area contributed by atoms with Gasteiger partial charge in [0.2, 0.25) is 0 Å². The van der Waals surface area contributed by atoms with Crippen molar-refractivity contribution in [3.63, 3.8) is 0 Å². The summed E-state index contributed by atoms with van der Waals surface area (Å²) in [5.74, 6) is -0.0363. The molecule has 1 aliphatic rings. The first-order valence-electron chi connectivity index (χ1n) is 9.72. The maximum absolute atomic E-state index is 12.9. The molecule has 2 heterocycles. The van der Waals surface area contributed by atoms with Gasteiger partial charge in [0.25, 0.3) is 5.91 Å². The van der Waals surface area contributed by atoms with Crippen molar-refractivity contribution in [2.75, 3.05) is 40.3 Å². The van der Waals surface area contributed by atoms with E-state index in [9.17, 15) is 9.90 Å². The normalized spacial score (nSPS) is 16.5. The molecule has 2 aromatic rings.